The molecule has 0 saturated heterocycles. The topological polar surface area (TPSA) is 77.5 Å². The van der Waals surface area contributed by atoms with Gasteiger partial charge in [-0.1, -0.05) is 13.8 Å². The molecule has 108 valence electrons. The molecule has 0 aliphatic heterocycles. The summed E-state index contributed by atoms with van der Waals surface area (Å²) in [7, 11) is 0. The zero-order valence-electron chi connectivity index (χ0n) is 11.9. The van der Waals surface area contributed by atoms with Crippen LogP contribution in [0.3, 0.4) is 0 Å². The number of amides is 1. The van der Waals surface area contributed by atoms with Crippen LogP contribution in [0.15, 0.2) is 16.7 Å². The van der Waals surface area contributed by atoms with Crippen molar-refractivity contribution >= 4 is 5.91 Å². The lowest BCUT2D eigenvalue weighted by molar-refractivity contribution is 0.0251. The van der Waals surface area contributed by atoms with Crippen molar-refractivity contribution in [3.63, 3.8) is 0 Å². The molecule has 0 radical (unpaired) electrons. The maximum atomic E-state index is 11.8. The molecule has 5 heteroatoms. The standard InChI is InChI=1S/C14H24N2O3/c1-4-18-13(10(2)3)5-6-16-14(17)11-7-12(8-15)19-9-11/h7,9-10,13H,4-6,8,15H2,1-3H3,(H,16,17). The van der Waals surface area contributed by atoms with Crippen LogP contribution in [0.25, 0.3) is 0 Å². The second-order valence-electron chi connectivity index (χ2n) is 4.79. The van der Waals surface area contributed by atoms with Gasteiger partial charge >= 0.3 is 0 Å². The number of furan rings is 1. The van der Waals surface area contributed by atoms with Gasteiger partial charge in [0, 0.05) is 13.2 Å². The Bertz CT molecular complexity index is 388. The summed E-state index contributed by atoms with van der Waals surface area (Å²) in [6, 6.07) is 1.66. The SMILES string of the molecule is CCOC(CCNC(=O)c1coc(CN)c1)C(C)C. The molecule has 1 atom stereocenters. The minimum Gasteiger partial charge on any atom is -0.467 e. The van der Waals surface area contributed by atoms with E-state index in [0.29, 0.717) is 36.9 Å². The summed E-state index contributed by atoms with van der Waals surface area (Å²) in [5.41, 5.74) is 5.94. The Hall–Kier alpha value is -1.33. The summed E-state index contributed by atoms with van der Waals surface area (Å²) < 4.78 is 10.8. The molecule has 0 aliphatic carbocycles. The van der Waals surface area contributed by atoms with Crippen molar-refractivity contribution in [3.8, 4) is 0 Å². The molecule has 0 fully saturated rings. The van der Waals surface area contributed by atoms with Crippen LogP contribution in [0.1, 0.15) is 43.3 Å². The van der Waals surface area contributed by atoms with Crippen LogP contribution < -0.4 is 11.1 Å². The first kappa shape index (κ1) is 15.7. The molecule has 1 heterocycles. The summed E-state index contributed by atoms with van der Waals surface area (Å²) in [4.78, 5) is 11.8. The minimum atomic E-state index is -0.137. The Morgan fingerprint density at radius 3 is 2.79 bits per heavy atom. The van der Waals surface area contributed by atoms with Gasteiger partial charge in [-0.25, -0.2) is 0 Å². The van der Waals surface area contributed by atoms with Gasteiger partial charge in [-0.05, 0) is 25.3 Å². The van der Waals surface area contributed by atoms with E-state index in [2.05, 4.69) is 19.2 Å². The first-order chi connectivity index (χ1) is 9.08. The third kappa shape index (κ3) is 5.04. The fourth-order valence-corrected chi connectivity index (χ4v) is 1.86. The van der Waals surface area contributed by atoms with Gasteiger partial charge in [0.15, 0.2) is 0 Å². The third-order valence-corrected chi connectivity index (χ3v) is 2.96. The highest BCUT2D eigenvalue weighted by atomic mass is 16.5. The Kier molecular flexibility index (Phi) is 6.59. The van der Waals surface area contributed by atoms with E-state index >= 15 is 0 Å². The van der Waals surface area contributed by atoms with Gasteiger partial charge in [-0.2, -0.15) is 0 Å². The van der Waals surface area contributed by atoms with Gasteiger partial charge in [0.05, 0.1) is 18.2 Å². The average Bonchev–Trinajstić information content (AvgIpc) is 2.86. The van der Waals surface area contributed by atoms with Crippen molar-refractivity contribution in [2.45, 2.75) is 39.8 Å². The highest BCUT2D eigenvalue weighted by molar-refractivity contribution is 5.93. The van der Waals surface area contributed by atoms with Gasteiger partial charge < -0.3 is 20.2 Å². The van der Waals surface area contributed by atoms with Crippen LogP contribution in [0.2, 0.25) is 0 Å². The molecule has 19 heavy (non-hydrogen) atoms. The van der Waals surface area contributed by atoms with Crippen LogP contribution >= 0.6 is 0 Å². The van der Waals surface area contributed by atoms with Crippen molar-refractivity contribution in [1.29, 1.82) is 0 Å². The van der Waals surface area contributed by atoms with E-state index in [1.54, 1.807) is 6.07 Å². The van der Waals surface area contributed by atoms with Crippen LogP contribution in [0.5, 0.6) is 0 Å². The number of nitrogens with two attached hydrogens (primary N) is 1. The number of hydrogen-bond donors (Lipinski definition) is 2. The van der Waals surface area contributed by atoms with E-state index in [1.165, 1.54) is 6.26 Å². The monoisotopic (exact) mass is 268 g/mol. The molecule has 3 N–H and O–H groups in total. The van der Waals surface area contributed by atoms with E-state index in [0.717, 1.165) is 6.42 Å². The number of nitrogens with one attached hydrogen (secondary N) is 1. The van der Waals surface area contributed by atoms with E-state index in [4.69, 9.17) is 14.9 Å². The zero-order chi connectivity index (χ0) is 14.3. The fraction of sp³-hybridized carbons (Fsp3) is 0.643. The number of hydrogen-bond acceptors (Lipinski definition) is 4. The van der Waals surface area contributed by atoms with Gasteiger partial charge in [0.25, 0.3) is 5.91 Å². The van der Waals surface area contributed by atoms with Crippen LogP contribution in [-0.2, 0) is 11.3 Å². The summed E-state index contributed by atoms with van der Waals surface area (Å²) >= 11 is 0. The van der Waals surface area contributed by atoms with Gasteiger partial charge in [-0.15, -0.1) is 0 Å². The Labute approximate surface area is 114 Å². The van der Waals surface area contributed by atoms with Crippen molar-refractivity contribution in [3.05, 3.63) is 23.7 Å². The smallest absolute Gasteiger partial charge is 0.254 e. The molecule has 1 amide bonds. The Balaban J connectivity index is 2.37. The third-order valence-electron chi connectivity index (χ3n) is 2.96. The van der Waals surface area contributed by atoms with Crippen molar-refractivity contribution in [1.82, 2.24) is 5.32 Å². The molecule has 1 aromatic heterocycles. The second-order valence-corrected chi connectivity index (χ2v) is 4.79. The molecular formula is C14H24N2O3. The van der Waals surface area contributed by atoms with Crippen molar-refractivity contribution in [2.24, 2.45) is 11.7 Å². The number of carbonyl (C=O) groups is 1. The van der Waals surface area contributed by atoms with Gasteiger partial charge in [-0.3, -0.25) is 4.79 Å². The van der Waals surface area contributed by atoms with Gasteiger partial charge in [0.2, 0.25) is 0 Å². The molecule has 0 aliphatic rings. The average molecular weight is 268 g/mol. The predicted octanol–water partition coefficient (Wildman–Crippen LogP) is 1.92. The summed E-state index contributed by atoms with van der Waals surface area (Å²) in [6.07, 6.45) is 2.41. The predicted molar refractivity (Wildman–Crippen MR) is 73.8 cm³/mol. The Morgan fingerprint density at radius 2 is 2.26 bits per heavy atom. The van der Waals surface area contributed by atoms with E-state index in [9.17, 15) is 4.79 Å². The number of rotatable bonds is 8. The normalized spacial score (nSPS) is 12.7. The van der Waals surface area contributed by atoms with E-state index < -0.39 is 0 Å². The van der Waals surface area contributed by atoms with Crippen LogP contribution in [0, 0.1) is 5.92 Å². The van der Waals surface area contributed by atoms with Crippen molar-refractivity contribution in [2.75, 3.05) is 13.2 Å². The minimum absolute atomic E-state index is 0.137. The molecule has 0 bridgehead atoms. The lowest BCUT2D eigenvalue weighted by atomic mass is 10.0. The quantitative estimate of drug-likeness (QED) is 0.755. The molecule has 1 unspecified atom stereocenters. The molecule has 0 aromatic carbocycles. The highest BCUT2D eigenvalue weighted by Gasteiger charge is 2.14. The summed E-state index contributed by atoms with van der Waals surface area (Å²) in [6.45, 7) is 7.79. The first-order valence-electron chi connectivity index (χ1n) is 6.75. The van der Waals surface area contributed by atoms with Crippen LogP contribution in [-0.4, -0.2) is 25.2 Å². The maximum absolute atomic E-state index is 11.8. The number of carbonyl (C=O) groups excluding carboxylic acids is 1. The summed E-state index contributed by atoms with van der Waals surface area (Å²) in [5, 5.41) is 2.86. The molecule has 1 rings (SSSR count). The maximum Gasteiger partial charge on any atom is 0.254 e. The molecule has 1 aromatic rings. The molecule has 0 saturated carbocycles. The van der Waals surface area contributed by atoms with Crippen LogP contribution in [0.4, 0.5) is 0 Å². The fourth-order valence-electron chi connectivity index (χ4n) is 1.86. The Morgan fingerprint density at radius 1 is 1.53 bits per heavy atom. The number of ether oxygens (including phenoxy) is 1. The zero-order valence-corrected chi connectivity index (χ0v) is 11.9. The summed E-state index contributed by atoms with van der Waals surface area (Å²) in [5.74, 6) is 0.914. The largest absolute Gasteiger partial charge is 0.467 e. The van der Waals surface area contributed by atoms with Crippen molar-refractivity contribution < 1.29 is 13.9 Å². The lowest BCUT2D eigenvalue weighted by Crippen LogP contribution is -2.30. The highest BCUT2D eigenvalue weighted by Crippen LogP contribution is 2.11. The van der Waals surface area contributed by atoms with E-state index in [-0.39, 0.29) is 12.0 Å². The first-order valence-corrected chi connectivity index (χ1v) is 6.75. The second kappa shape index (κ2) is 7.96. The van der Waals surface area contributed by atoms with Gasteiger partial charge in [0.1, 0.15) is 12.0 Å². The molecule has 5 nitrogen and oxygen atoms in total. The molecule has 0 spiro atoms. The molecular weight excluding hydrogens is 244 g/mol. The van der Waals surface area contributed by atoms with E-state index in [1.807, 2.05) is 6.92 Å². The lowest BCUT2D eigenvalue weighted by Gasteiger charge is -2.20.